The highest BCUT2D eigenvalue weighted by molar-refractivity contribution is 9.10. The molecule has 0 fully saturated rings. The maximum Gasteiger partial charge on any atom is 0.177 e. The average molecular weight is 313 g/mol. The molecule has 0 aliphatic heterocycles. The van der Waals surface area contributed by atoms with Gasteiger partial charge in [0.05, 0.1) is 6.54 Å². The number of ketones is 1. The van der Waals surface area contributed by atoms with E-state index in [4.69, 9.17) is 0 Å². The second-order valence-corrected chi connectivity index (χ2v) is 5.65. The van der Waals surface area contributed by atoms with E-state index < -0.39 is 0 Å². The van der Waals surface area contributed by atoms with Crippen LogP contribution in [0.4, 0.5) is 0 Å². The summed E-state index contributed by atoms with van der Waals surface area (Å²) in [5, 5.41) is 0. The van der Waals surface area contributed by atoms with Crippen LogP contribution in [0.3, 0.4) is 0 Å². The summed E-state index contributed by atoms with van der Waals surface area (Å²) in [4.78, 5) is 16.3. The Bertz CT molecular complexity index is 393. The standard InChI is InChI=1S/C14H21BrN2O/c1-16(2)9-6-10-17(3)11-14(18)12-7-4-5-8-13(12)15/h4-5,7-8H,6,9-11H2,1-3H3. The Balaban J connectivity index is 2.43. The van der Waals surface area contributed by atoms with Gasteiger partial charge in [-0.2, -0.15) is 0 Å². The highest BCUT2D eigenvalue weighted by atomic mass is 79.9. The highest BCUT2D eigenvalue weighted by Crippen LogP contribution is 2.16. The van der Waals surface area contributed by atoms with Crippen molar-refractivity contribution in [3.8, 4) is 0 Å². The van der Waals surface area contributed by atoms with Gasteiger partial charge in [-0.1, -0.05) is 34.1 Å². The van der Waals surface area contributed by atoms with Crippen LogP contribution in [0.1, 0.15) is 16.8 Å². The topological polar surface area (TPSA) is 23.6 Å². The minimum Gasteiger partial charge on any atom is -0.309 e. The van der Waals surface area contributed by atoms with E-state index in [9.17, 15) is 4.79 Å². The minimum absolute atomic E-state index is 0.162. The second-order valence-electron chi connectivity index (χ2n) is 4.80. The van der Waals surface area contributed by atoms with Gasteiger partial charge in [0.25, 0.3) is 0 Å². The average Bonchev–Trinajstić information content (AvgIpc) is 2.28. The summed E-state index contributed by atoms with van der Waals surface area (Å²) in [6.07, 6.45) is 1.08. The Hall–Kier alpha value is -0.710. The van der Waals surface area contributed by atoms with Gasteiger partial charge in [-0.15, -0.1) is 0 Å². The molecule has 0 spiro atoms. The van der Waals surface area contributed by atoms with Crippen LogP contribution >= 0.6 is 15.9 Å². The summed E-state index contributed by atoms with van der Waals surface area (Å²) in [5.41, 5.74) is 0.761. The summed E-state index contributed by atoms with van der Waals surface area (Å²) in [5.74, 6) is 0.162. The number of carbonyl (C=O) groups excluding carboxylic acids is 1. The van der Waals surface area contributed by atoms with Crippen LogP contribution in [0.15, 0.2) is 28.7 Å². The summed E-state index contributed by atoms with van der Waals surface area (Å²) in [6.45, 7) is 2.46. The third-order valence-electron chi connectivity index (χ3n) is 2.73. The third kappa shape index (κ3) is 5.29. The molecule has 1 aromatic carbocycles. The lowest BCUT2D eigenvalue weighted by molar-refractivity contribution is 0.0944. The molecular weight excluding hydrogens is 292 g/mol. The molecule has 0 amide bonds. The molecule has 0 N–H and O–H groups in total. The first-order valence-corrected chi connectivity index (χ1v) is 6.91. The molecule has 0 unspecified atom stereocenters. The number of benzene rings is 1. The van der Waals surface area contributed by atoms with Crippen LogP contribution in [0.2, 0.25) is 0 Å². The van der Waals surface area contributed by atoms with Crippen molar-refractivity contribution in [2.45, 2.75) is 6.42 Å². The zero-order valence-corrected chi connectivity index (χ0v) is 12.9. The lowest BCUT2D eigenvalue weighted by Gasteiger charge is -2.17. The monoisotopic (exact) mass is 312 g/mol. The van der Waals surface area contributed by atoms with Crippen molar-refractivity contribution in [1.29, 1.82) is 0 Å². The zero-order valence-electron chi connectivity index (χ0n) is 11.3. The number of likely N-dealkylation sites (N-methyl/N-ethyl adjacent to an activating group) is 1. The molecule has 0 saturated carbocycles. The molecule has 1 aromatic rings. The molecule has 0 atom stereocenters. The molecule has 0 aromatic heterocycles. The maximum atomic E-state index is 12.1. The second kappa shape index (κ2) is 7.67. The molecule has 0 radical (unpaired) electrons. The first-order valence-electron chi connectivity index (χ1n) is 6.11. The Kier molecular flexibility index (Phi) is 6.54. The van der Waals surface area contributed by atoms with E-state index in [0.717, 1.165) is 29.5 Å². The Labute approximate surface area is 118 Å². The smallest absolute Gasteiger partial charge is 0.177 e. The van der Waals surface area contributed by atoms with E-state index in [0.29, 0.717) is 6.54 Å². The predicted octanol–water partition coefficient (Wildman–Crippen LogP) is 2.52. The predicted molar refractivity (Wildman–Crippen MR) is 79.1 cm³/mol. The van der Waals surface area contributed by atoms with Gasteiger partial charge >= 0.3 is 0 Å². The Morgan fingerprint density at radius 1 is 1.17 bits per heavy atom. The van der Waals surface area contributed by atoms with Crippen LogP contribution in [0.25, 0.3) is 0 Å². The molecule has 3 nitrogen and oxygen atoms in total. The normalized spacial score (nSPS) is 11.2. The first-order chi connectivity index (χ1) is 8.50. The molecule has 0 saturated heterocycles. The van der Waals surface area contributed by atoms with E-state index in [2.05, 4.69) is 39.8 Å². The fourth-order valence-corrected chi connectivity index (χ4v) is 2.26. The molecule has 4 heteroatoms. The fraction of sp³-hybridized carbons (Fsp3) is 0.500. The van der Waals surface area contributed by atoms with Gasteiger partial charge in [0.1, 0.15) is 0 Å². The van der Waals surface area contributed by atoms with Gasteiger partial charge in [-0.05, 0) is 46.7 Å². The van der Waals surface area contributed by atoms with E-state index in [1.807, 2.05) is 31.3 Å². The van der Waals surface area contributed by atoms with E-state index in [1.54, 1.807) is 0 Å². The van der Waals surface area contributed by atoms with Gasteiger partial charge in [-0.25, -0.2) is 0 Å². The molecule has 1 rings (SSSR count). The van der Waals surface area contributed by atoms with E-state index in [1.165, 1.54) is 0 Å². The zero-order chi connectivity index (χ0) is 13.5. The quantitative estimate of drug-likeness (QED) is 0.723. The molecule has 0 aliphatic carbocycles. The van der Waals surface area contributed by atoms with Crippen molar-refractivity contribution in [3.05, 3.63) is 34.3 Å². The van der Waals surface area contributed by atoms with Crippen LogP contribution in [-0.2, 0) is 0 Å². The lowest BCUT2D eigenvalue weighted by atomic mass is 10.1. The van der Waals surface area contributed by atoms with Crippen LogP contribution in [0, 0.1) is 0 Å². The van der Waals surface area contributed by atoms with Crippen molar-refractivity contribution in [1.82, 2.24) is 9.80 Å². The first kappa shape index (κ1) is 15.3. The number of halogens is 1. The number of hydrogen-bond acceptors (Lipinski definition) is 3. The van der Waals surface area contributed by atoms with Crippen molar-refractivity contribution < 1.29 is 4.79 Å². The van der Waals surface area contributed by atoms with Crippen molar-refractivity contribution >= 4 is 21.7 Å². The molecule has 18 heavy (non-hydrogen) atoms. The van der Waals surface area contributed by atoms with E-state index >= 15 is 0 Å². The van der Waals surface area contributed by atoms with Crippen LogP contribution in [-0.4, -0.2) is 56.4 Å². The van der Waals surface area contributed by atoms with Crippen molar-refractivity contribution in [3.63, 3.8) is 0 Å². The van der Waals surface area contributed by atoms with Gasteiger partial charge in [-0.3, -0.25) is 9.69 Å². The summed E-state index contributed by atoms with van der Waals surface area (Å²) < 4.78 is 0.872. The number of rotatable bonds is 7. The molecule has 0 heterocycles. The summed E-state index contributed by atoms with van der Waals surface area (Å²) >= 11 is 3.41. The Morgan fingerprint density at radius 2 is 1.83 bits per heavy atom. The SMILES string of the molecule is CN(C)CCCN(C)CC(=O)c1ccccc1Br. The Morgan fingerprint density at radius 3 is 2.44 bits per heavy atom. The number of carbonyl (C=O) groups is 1. The fourth-order valence-electron chi connectivity index (χ4n) is 1.75. The van der Waals surface area contributed by atoms with Gasteiger partial charge in [0, 0.05) is 10.0 Å². The largest absolute Gasteiger partial charge is 0.309 e. The van der Waals surface area contributed by atoms with Gasteiger partial charge in [0.2, 0.25) is 0 Å². The minimum atomic E-state index is 0.162. The van der Waals surface area contributed by atoms with Gasteiger partial charge < -0.3 is 4.90 Å². The van der Waals surface area contributed by atoms with Crippen molar-refractivity contribution in [2.24, 2.45) is 0 Å². The molecule has 100 valence electrons. The highest BCUT2D eigenvalue weighted by Gasteiger charge is 2.11. The van der Waals surface area contributed by atoms with Gasteiger partial charge in [0.15, 0.2) is 5.78 Å². The van der Waals surface area contributed by atoms with Crippen LogP contribution in [0.5, 0.6) is 0 Å². The maximum absolute atomic E-state index is 12.1. The summed E-state index contributed by atoms with van der Waals surface area (Å²) in [7, 11) is 6.11. The lowest BCUT2D eigenvalue weighted by Crippen LogP contribution is -2.29. The number of Topliss-reactive ketones (excluding diaryl/α,β-unsaturated/α-hetero) is 1. The molecular formula is C14H21BrN2O. The molecule has 0 bridgehead atoms. The number of hydrogen-bond donors (Lipinski definition) is 0. The third-order valence-corrected chi connectivity index (χ3v) is 3.42. The van der Waals surface area contributed by atoms with Crippen molar-refractivity contribution in [2.75, 3.05) is 40.8 Å². The molecule has 0 aliphatic rings. The number of nitrogens with zero attached hydrogens (tertiary/aromatic N) is 2. The summed E-state index contributed by atoms with van der Waals surface area (Å²) in [6, 6.07) is 7.57. The van der Waals surface area contributed by atoms with E-state index in [-0.39, 0.29) is 5.78 Å². The van der Waals surface area contributed by atoms with Crippen LogP contribution < -0.4 is 0 Å².